The summed E-state index contributed by atoms with van der Waals surface area (Å²) in [5.41, 5.74) is -0.187. The SMILES string of the molecule is Cc1ccc(F)c(C(=O)N(C)CCN2CCNCC2)c1F. The maximum atomic E-state index is 14.0. The van der Waals surface area contributed by atoms with Gasteiger partial charge in [-0.25, -0.2) is 8.78 Å². The molecule has 1 heterocycles. The zero-order valence-corrected chi connectivity index (χ0v) is 12.5. The molecule has 1 aliphatic rings. The molecular formula is C15H21F2N3O. The molecule has 1 aliphatic heterocycles. The van der Waals surface area contributed by atoms with E-state index in [0.29, 0.717) is 13.1 Å². The number of carbonyl (C=O) groups excluding carboxylic acids is 1. The molecule has 0 atom stereocenters. The lowest BCUT2D eigenvalue weighted by atomic mass is 10.1. The Morgan fingerprint density at radius 2 is 2.00 bits per heavy atom. The second-order valence-electron chi connectivity index (χ2n) is 5.37. The third-order valence-corrected chi connectivity index (χ3v) is 3.81. The van der Waals surface area contributed by atoms with Crippen LogP contribution in [0, 0.1) is 18.6 Å². The summed E-state index contributed by atoms with van der Waals surface area (Å²) in [5, 5.41) is 3.25. The van der Waals surface area contributed by atoms with Crippen LogP contribution in [0.15, 0.2) is 12.1 Å². The Morgan fingerprint density at radius 3 is 2.67 bits per heavy atom. The second kappa shape index (κ2) is 6.95. The number of likely N-dealkylation sites (N-methyl/N-ethyl adjacent to an activating group) is 1. The number of amides is 1. The van der Waals surface area contributed by atoms with E-state index in [1.807, 2.05) is 0 Å². The Balaban J connectivity index is 2.00. The van der Waals surface area contributed by atoms with Crippen molar-refractivity contribution < 1.29 is 13.6 Å². The van der Waals surface area contributed by atoms with Gasteiger partial charge in [-0.1, -0.05) is 6.07 Å². The van der Waals surface area contributed by atoms with E-state index in [-0.39, 0.29) is 5.56 Å². The van der Waals surface area contributed by atoms with Crippen molar-refractivity contribution in [2.45, 2.75) is 6.92 Å². The lowest BCUT2D eigenvalue weighted by Gasteiger charge is -2.29. The molecule has 1 saturated heterocycles. The molecule has 0 bridgehead atoms. The van der Waals surface area contributed by atoms with Crippen molar-refractivity contribution in [3.63, 3.8) is 0 Å². The first-order valence-electron chi connectivity index (χ1n) is 7.14. The lowest BCUT2D eigenvalue weighted by Crippen LogP contribution is -2.46. The van der Waals surface area contributed by atoms with Crippen LogP contribution in [-0.4, -0.2) is 62.0 Å². The summed E-state index contributed by atoms with van der Waals surface area (Å²) in [7, 11) is 1.58. The van der Waals surface area contributed by atoms with Crippen molar-refractivity contribution in [2.75, 3.05) is 46.3 Å². The number of aryl methyl sites for hydroxylation is 1. The van der Waals surface area contributed by atoms with E-state index < -0.39 is 23.1 Å². The van der Waals surface area contributed by atoms with Crippen LogP contribution in [0.3, 0.4) is 0 Å². The van der Waals surface area contributed by atoms with E-state index in [0.717, 1.165) is 32.2 Å². The van der Waals surface area contributed by atoms with E-state index in [2.05, 4.69) is 10.2 Å². The van der Waals surface area contributed by atoms with Crippen LogP contribution in [-0.2, 0) is 0 Å². The second-order valence-corrected chi connectivity index (χ2v) is 5.37. The fourth-order valence-electron chi connectivity index (χ4n) is 2.37. The van der Waals surface area contributed by atoms with Crippen LogP contribution >= 0.6 is 0 Å². The van der Waals surface area contributed by atoms with Crippen molar-refractivity contribution in [3.05, 3.63) is 34.9 Å². The highest BCUT2D eigenvalue weighted by Crippen LogP contribution is 2.17. The molecule has 1 amide bonds. The highest BCUT2D eigenvalue weighted by molar-refractivity contribution is 5.94. The zero-order valence-electron chi connectivity index (χ0n) is 12.5. The molecule has 1 aromatic carbocycles. The molecule has 0 aromatic heterocycles. The number of halogens is 2. The summed E-state index contributed by atoms with van der Waals surface area (Å²) < 4.78 is 27.7. The van der Waals surface area contributed by atoms with Crippen LogP contribution in [0.1, 0.15) is 15.9 Å². The molecule has 116 valence electrons. The fourth-order valence-corrected chi connectivity index (χ4v) is 2.37. The standard InChI is InChI=1S/C15H21F2N3O/c1-11-3-4-12(16)13(14(11)17)15(21)19(2)9-10-20-7-5-18-6-8-20/h3-4,18H,5-10H2,1-2H3. The lowest BCUT2D eigenvalue weighted by molar-refractivity contribution is 0.0765. The Labute approximate surface area is 123 Å². The van der Waals surface area contributed by atoms with Crippen molar-refractivity contribution in [1.82, 2.24) is 15.1 Å². The number of piperazine rings is 1. The van der Waals surface area contributed by atoms with E-state index in [1.165, 1.54) is 17.9 Å². The summed E-state index contributed by atoms with van der Waals surface area (Å²) in [6.07, 6.45) is 0. The Kier molecular flexibility index (Phi) is 5.25. The third kappa shape index (κ3) is 3.77. The van der Waals surface area contributed by atoms with Crippen LogP contribution in [0.5, 0.6) is 0 Å². The number of nitrogens with one attached hydrogen (secondary N) is 1. The van der Waals surface area contributed by atoms with Gasteiger partial charge in [0.2, 0.25) is 0 Å². The van der Waals surface area contributed by atoms with E-state index in [4.69, 9.17) is 0 Å². The van der Waals surface area contributed by atoms with Gasteiger partial charge in [0.25, 0.3) is 5.91 Å². The monoisotopic (exact) mass is 297 g/mol. The van der Waals surface area contributed by atoms with Gasteiger partial charge in [0, 0.05) is 46.3 Å². The van der Waals surface area contributed by atoms with Crippen molar-refractivity contribution in [3.8, 4) is 0 Å². The molecular weight excluding hydrogens is 276 g/mol. The maximum Gasteiger partial charge on any atom is 0.259 e. The molecule has 4 nitrogen and oxygen atoms in total. The largest absolute Gasteiger partial charge is 0.340 e. The molecule has 0 aliphatic carbocycles. The van der Waals surface area contributed by atoms with Gasteiger partial charge in [0.15, 0.2) is 0 Å². The number of hydrogen-bond donors (Lipinski definition) is 1. The number of carbonyl (C=O) groups is 1. The van der Waals surface area contributed by atoms with Crippen LogP contribution in [0.4, 0.5) is 8.78 Å². The van der Waals surface area contributed by atoms with Crippen molar-refractivity contribution >= 4 is 5.91 Å². The molecule has 0 radical (unpaired) electrons. The number of nitrogens with zero attached hydrogens (tertiary/aromatic N) is 2. The highest BCUT2D eigenvalue weighted by Gasteiger charge is 2.22. The first-order valence-corrected chi connectivity index (χ1v) is 7.14. The fraction of sp³-hybridized carbons (Fsp3) is 0.533. The summed E-state index contributed by atoms with van der Waals surface area (Å²) in [6.45, 7) is 6.39. The predicted octanol–water partition coefficient (Wildman–Crippen LogP) is 1.25. The maximum absolute atomic E-state index is 14.0. The molecule has 1 aromatic rings. The third-order valence-electron chi connectivity index (χ3n) is 3.81. The van der Waals surface area contributed by atoms with Crippen LogP contribution < -0.4 is 5.32 Å². The first kappa shape index (κ1) is 15.9. The summed E-state index contributed by atoms with van der Waals surface area (Å²) in [6, 6.07) is 2.47. The van der Waals surface area contributed by atoms with E-state index >= 15 is 0 Å². The van der Waals surface area contributed by atoms with Gasteiger partial charge in [-0.2, -0.15) is 0 Å². The summed E-state index contributed by atoms with van der Waals surface area (Å²) >= 11 is 0. The molecule has 1 N–H and O–H groups in total. The number of benzene rings is 1. The Hall–Kier alpha value is -1.53. The smallest absolute Gasteiger partial charge is 0.259 e. The Morgan fingerprint density at radius 1 is 1.33 bits per heavy atom. The highest BCUT2D eigenvalue weighted by atomic mass is 19.1. The molecule has 0 spiro atoms. The molecule has 1 fully saturated rings. The van der Waals surface area contributed by atoms with Gasteiger partial charge in [-0.3, -0.25) is 9.69 Å². The van der Waals surface area contributed by atoms with Crippen molar-refractivity contribution in [2.24, 2.45) is 0 Å². The number of rotatable bonds is 4. The van der Waals surface area contributed by atoms with Gasteiger partial charge in [-0.15, -0.1) is 0 Å². The Bertz CT molecular complexity index is 516. The predicted molar refractivity (Wildman–Crippen MR) is 77.4 cm³/mol. The molecule has 6 heteroatoms. The van der Waals surface area contributed by atoms with Gasteiger partial charge < -0.3 is 10.2 Å². The normalized spacial score (nSPS) is 16.0. The average molecular weight is 297 g/mol. The van der Waals surface area contributed by atoms with Crippen LogP contribution in [0.25, 0.3) is 0 Å². The minimum atomic E-state index is -0.808. The topological polar surface area (TPSA) is 35.6 Å². The van der Waals surface area contributed by atoms with E-state index in [1.54, 1.807) is 7.05 Å². The average Bonchev–Trinajstić information content (AvgIpc) is 2.50. The molecule has 2 rings (SSSR count). The zero-order chi connectivity index (χ0) is 15.4. The van der Waals surface area contributed by atoms with Gasteiger partial charge >= 0.3 is 0 Å². The van der Waals surface area contributed by atoms with Crippen LogP contribution in [0.2, 0.25) is 0 Å². The molecule has 0 unspecified atom stereocenters. The number of hydrogen-bond acceptors (Lipinski definition) is 3. The first-order chi connectivity index (χ1) is 10.0. The van der Waals surface area contributed by atoms with Gasteiger partial charge in [0.05, 0.1) is 0 Å². The quantitative estimate of drug-likeness (QED) is 0.908. The minimum absolute atomic E-state index is 0.273. The molecule has 21 heavy (non-hydrogen) atoms. The summed E-state index contributed by atoms with van der Waals surface area (Å²) in [4.78, 5) is 15.8. The minimum Gasteiger partial charge on any atom is -0.340 e. The van der Waals surface area contributed by atoms with Gasteiger partial charge in [0.1, 0.15) is 17.2 Å². The summed E-state index contributed by atoms with van der Waals surface area (Å²) in [5.74, 6) is -2.19. The van der Waals surface area contributed by atoms with Gasteiger partial charge in [-0.05, 0) is 18.6 Å². The van der Waals surface area contributed by atoms with Crippen molar-refractivity contribution in [1.29, 1.82) is 0 Å². The molecule has 0 saturated carbocycles. The van der Waals surface area contributed by atoms with E-state index in [9.17, 15) is 13.6 Å².